The van der Waals surface area contributed by atoms with Gasteiger partial charge in [0.05, 0.1) is 11.8 Å². The minimum atomic E-state index is -0.180. The third-order valence-corrected chi connectivity index (χ3v) is 9.52. The number of nitrogens with one attached hydrogen (secondary N) is 1. The fourth-order valence-electron chi connectivity index (χ4n) is 7.54. The number of nitrogens with zero attached hydrogens (tertiary/aromatic N) is 2. The number of aromatic nitrogens is 1. The molecule has 0 bridgehead atoms. The lowest BCUT2D eigenvalue weighted by Crippen LogP contribution is -2.51. The van der Waals surface area contributed by atoms with E-state index in [4.69, 9.17) is 4.84 Å². The molecule has 4 aliphatic rings. The molecule has 1 heterocycles. The number of aliphatic hydroxyl groups is 1. The summed E-state index contributed by atoms with van der Waals surface area (Å²) >= 11 is 0. The van der Waals surface area contributed by atoms with Crippen LogP contribution in [-0.2, 0) is 16.2 Å². The number of hydrogen-bond acceptors (Lipinski definition) is 5. The second kappa shape index (κ2) is 8.86. The van der Waals surface area contributed by atoms with E-state index in [1.54, 1.807) is 12.4 Å². The van der Waals surface area contributed by atoms with Crippen molar-refractivity contribution in [2.75, 3.05) is 6.61 Å². The highest BCUT2D eigenvalue weighted by atomic mass is 16.6. The summed E-state index contributed by atoms with van der Waals surface area (Å²) in [5.74, 6) is 1.94. The second-order valence-corrected chi connectivity index (χ2v) is 11.1. The Kier molecular flexibility index (Phi) is 6.06. The zero-order chi connectivity index (χ0) is 23.1. The molecule has 0 aromatic carbocycles. The Morgan fingerprint density at radius 3 is 2.91 bits per heavy atom. The maximum Gasteiger partial charge on any atom is 0.261 e. The first-order valence-electron chi connectivity index (χ1n) is 12.6. The van der Waals surface area contributed by atoms with Gasteiger partial charge in [-0.15, -0.1) is 0 Å². The molecule has 6 nitrogen and oxygen atoms in total. The zero-order valence-electron chi connectivity index (χ0n) is 19.9. The molecular formula is C27H37N3O3. The van der Waals surface area contributed by atoms with Crippen molar-refractivity contribution >= 4 is 11.6 Å². The molecule has 5 rings (SSSR count). The summed E-state index contributed by atoms with van der Waals surface area (Å²) in [4.78, 5) is 21.5. The van der Waals surface area contributed by atoms with E-state index in [1.807, 2.05) is 12.1 Å². The minimum absolute atomic E-state index is 0.0719. The van der Waals surface area contributed by atoms with Crippen molar-refractivity contribution in [3.8, 4) is 0 Å². The SMILES string of the molecule is C[C@]12CC[C@@H]3[C@H](CCC4=CC(=NOCC(=O)NCc5cccnc5)CC[C@@]43C)[C@@H]1CC[C@@H]2O. The molecule has 3 saturated carbocycles. The van der Waals surface area contributed by atoms with Crippen LogP contribution in [0.5, 0.6) is 0 Å². The van der Waals surface area contributed by atoms with Gasteiger partial charge in [0.25, 0.3) is 5.91 Å². The van der Waals surface area contributed by atoms with E-state index in [9.17, 15) is 9.90 Å². The maximum atomic E-state index is 12.1. The number of carbonyl (C=O) groups excluding carboxylic acids is 1. The molecule has 0 spiro atoms. The first-order chi connectivity index (χ1) is 15.9. The van der Waals surface area contributed by atoms with Gasteiger partial charge in [-0.2, -0.15) is 0 Å². The van der Waals surface area contributed by atoms with Crippen LogP contribution in [0.1, 0.15) is 70.8 Å². The highest BCUT2D eigenvalue weighted by Gasteiger charge is 2.58. The number of pyridine rings is 1. The third-order valence-electron chi connectivity index (χ3n) is 9.52. The van der Waals surface area contributed by atoms with E-state index >= 15 is 0 Å². The monoisotopic (exact) mass is 451 g/mol. The molecule has 0 unspecified atom stereocenters. The van der Waals surface area contributed by atoms with Crippen molar-refractivity contribution in [3.63, 3.8) is 0 Å². The molecule has 6 heteroatoms. The summed E-state index contributed by atoms with van der Waals surface area (Å²) in [6, 6.07) is 3.78. The molecule has 33 heavy (non-hydrogen) atoms. The van der Waals surface area contributed by atoms with Crippen LogP contribution in [0.25, 0.3) is 0 Å². The zero-order valence-corrected chi connectivity index (χ0v) is 19.9. The van der Waals surface area contributed by atoms with Gasteiger partial charge in [0.2, 0.25) is 0 Å². The number of amides is 1. The second-order valence-electron chi connectivity index (χ2n) is 11.1. The molecule has 2 N–H and O–H groups in total. The van der Waals surface area contributed by atoms with Gasteiger partial charge in [-0.25, -0.2) is 0 Å². The Bertz CT molecular complexity index is 945. The van der Waals surface area contributed by atoms with Crippen LogP contribution >= 0.6 is 0 Å². The average molecular weight is 452 g/mol. The van der Waals surface area contributed by atoms with Gasteiger partial charge >= 0.3 is 0 Å². The predicted octanol–water partition coefficient (Wildman–Crippen LogP) is 4.39. The van der Waals surface area contributed by atoms with E-state index in [1.165, 1.54) is 24.8 Å². The van der Waals surface area contributed by atoms with Crippen LogP contribution in [-0.4, -0.2) is 34.4 Å². The molecule has 0 radical (unpaired) electrons. The van der Waals surface area contributed by atoms with Gasteiger partial charge in [-0.05, 0) is 97.7 Å². The lowest BCUT2D eigenvalue weighted by atomic mass is 9.47. The van der Waals surface area contributed by atoms with Crippen LogP contribution in [0.2, 0.25) is 0 Å². The number of carbonyl (C=O) groups is 1. The highest BCUT2D eigenvalue weighted by Crippen LogP contribution is 2.65. The molecule has 0 aliphatic heterocycles. The summed E-state index contributed by atoms with van der Waals surface area (Å²) in [5.41, 5.74) is 3.79. The van der Waals surface area contributed by atoms with Gasteiger partial charge in [0.15, 0.2) is 6.61 Å². The average Bonchev–Trinajstić information content (AvgIpc) is 3.13. The van der Waals surface area contributed by atoms with E-state index in [0.717, 1.165) is 49.3 Å². The van der Waals surface area contributed by atoms with Crippen LogP contribution in [0, 0.1) is 28.6 Å². The number of allylic oxidation sites excluding steroid dienone is 2. The predicted molar refractivity (Wildman–Crippen MR) is 127 cm³/mol. The van der Waals surface area contributed by atoms with Crippen molar-refractivity contribution in [3.05, 3.63) is 41.7 Å². The number of hydrogen-bond donors (Lipinski definition) is 2. The van der Waals surface area contributed by atoms with Crippen molar-refractivity contribution in [1.82, 2.24) is 10.3 Å². The van der Waals surface area contributed by atoms with Gasteiger partial charge in [-0.1, -0.05) is 30.6 Å². The molecule has 178 valence electrons. The lowest BCUT2D eigenvalue weighted by molar-refractivity contribution is -0.125. The van der Waals surface area contributed by atoms with Crippen molar-refractivity contribution < 1.29 is 14.7 Å². The van der Waals surface area contributed by atoms with Crippen molar-refractivity contribution in [1.29, 1.82) is 0 Å². The Labute approximate surface area is 196 Å². The van der Waals surface area contributed by atoms with Crippen molar-refractivity contribution in [2.45, 2.75) is 77.9 Å². The largest absolute Gasteiger partial charge is 0.393 e. The molecule has 1 amide bonds. The minimum Gasteiger partial charge on any atom is -0.393 e. The normalized spacial score (nSPS) is 38.6. The molecule has 1 aromatic rings. The lowest BCUT2D eigenvalue weighted by Gasteiger charge is -2.57. The number of rotatable bonds is 5. The smallest absolute Gasteiger partial charge is 0.261 e. The number of fused-ring (bicyclic) bond motifs is 5. The Morgan fingerprint density at radius 2 is 2.09 bits per heavy atom. The van der Waals surface area contributed by atoms with Crippen LogP contribution in [0.4, 0.5) is 0 Å². The molecule has 4 aliphatic carbocycles. The molecule has 1 aromatic heterocycles. The van der Waals surface area contributed by atoms with Crippen LogP contribution in [0.3, 0.4) is 0 Å². The molecule has 3 fully saturated rings. The van der Waals surface area contributed by atoms with Gasteiger partial charge in [0, 0.05) is 18.9 Å². The first kappa shape index (κ1) is 22.6. The molecular weight excluding hydrogens is 414 g/mol. The first-order valence-corrected chi connectivity index (χ1v) is 12.6. The van der Waals surface area contributed by atoms with Crippen LogP contribution in [0.15, 0.2) is 41.3 Å². The quantitative estimate of drug-likeness (QED) is 0.650. The van der Waals surface area contributed by atoms with E-state index in [0.29, 0.717) is 18.4 Å². The summed E-state index contributed by atoms with van der Waals surface area (Å²) in [6.45, 7) is 5.18. The Hall–Kier alpha value is -2.21. The number of oxime groups is 1. The van der Waals surface area contributed by atoms with Gasteiger partial charge < -0.3 is 15.3 Å². The third kappa shape index (κ3) is 4.11. The van der Waals surface area contributed by atoms with Gasteiger partial charge in [0.1, 0.15) is 0 Å². The fraction of sp³-hybridized carbons (Fsp3) is 0.667. The number of aliphatic hydroxyl groups excluding tert-OH is 1. The summed E-state index contributed by atoms with van der Waals surface area (Å²) in [5, 5.41) is 17.8. The summed E-state index contributed by atoms with van der Waals surface area (Å²) in [6.07, 6.45) is 14.5. The Morgan fingerprint density at radius 1 is 1.21 bits per heavy atom. The topological polar surface area (TPSA) is 83.8 Å². The molecule has 6 atom stereocenters. The standard InChI is InChI=1S/C27H37N3O3/c1-26-11-9-20(30-33-17-25(32)29-16-18-4-3-13-28-15-18)14-19(26)5-6-21-22-7-8-24(31)27(22,2)12-10-23(21)26/h3-4,13-15,21-24,31H,5-12,16-17H2,1-2H3,(H,29,32)/t21-,22+,23-,24+,26+,27+/m1/s1. The van der Waals surface area contributed by atoms with Gasteiger partial charge in [-0.3, -0.25) is 9.78 Å². The van der Waals surface area contributed by atoms with E-state index < -0.39 is 0 Å². The maximum absolute atomic E-state index is 12.1. The van der Waals surface area contributed by atoms with E-state index in [-0.39, 0.29) is 29.4 Å². The van der Waals surface area contributed by atoms with Crippen molar-refractivity contribution in [2.24, 2.45) is 33.7 Å². The fourth-order valence-corrected chi connectivity index (χ4v) is 7.54. The summed E-state index contributed by atoms with van der Waals surface area (Å²) < 4.78 is 0. The van der Waals surface area contributed by atoms with E-state index in [2.05, 4.69) is 35.4 Å². The Balaban J connectivity index is 1.19. The summed E-state index contributed by atoms with van der Waals surface area (Å²) in [7, 11) is 0. The van der Waals surface area contributed by atoms with Crippen LogP contribution < -0.4 is 5.32 Å². The highest BCUT2D eigenvalue weighted by molar-refractivity contribution is 5.96. The molecule has 0 saturated heterocycles.